The molecule has 1 aliphatic heterocycles. The maximum absolute atomic E-state index is 12.1. The van der Waals surface area contributed by atoms with Crippen LogP contribution in [-0.2, 0) is 6.54 Å². The Morgan fingerprint density at radius 1 is 1.24 bits per heavy atom. The molecule has 0 saturated carbocycles. The van der Waals surface area contributed by atoms with Crippen molar-refractivity contribution in [2.24, 2.45) is 0 Å². The molecule has 1 aromatic carbocycles. The van der Waals surface area contributed by atoms with Gasteiger partial charge in [0.15, 0.2) is 0 Å². The number of hydrogen-bond donors (Lipinski definition) is 0. The molecule has 0 spiro atoms. The predicted octanol–water partition coefficient (Wildman–Crippen LogP) is 3.72. The molecule has 3 rings (SSSR count). The minimum absolute atomic E-state index is 0.182. The Kier molecular flexibility index (Phi) is 4.76. The van der Waals surface area contributed by atoms with Gasteiger partial charge in [-0.2, -0.15) is 0 Å². The molecule has 0 N–H and O–H groups in total. The number of aryl methyl sites for hydroxylation is 1. The van der Waals surface area contributed by atoms with E-state index in [4.69, 9.17) is 0 Å². The first-order valence-electron chi connectivity index (χ1n) is 8.12. The largest absolute Gasteiger partial charge is 0.308 e. The number of thiazole rings is 1. The van der Waals surface area contributed by atoms with E-state index in [9.17, 15) is 4.79 Å². The molecule has 0 radical (unpaired) electrons. The van der Waals surface area contributed by atoms with E-state index in [1.807, 2.05) is 22.8 Å². The van der Waals surface area contributed by atoms with Gasteiger partial charge in [-0.3, -0.25) is 9.36 Å². The smallest absolute Gasteiger partial charge is 0.300 e. The second-order valence-corrected chi connectivity index (χ2v) is 6.93. The van der Waals surface area contributed by atoms with E-state index in [0.29, 0.717) is 0 Å². The zero-order valence-electron chi connectivity index (χ0n) is 12.8. The summed E-state index contributed by atoms with van der Waals surface area (Å²) in [7, 11) is 0. The molecule has 2 heterocycles. The third kappa shape index (κ3) is 3.22. The first-order valence-corrected chi connectivity index (χ1v) is 8.93. The molecule has 1 aliphatic rings. The highest BCUT2D eigenvalue weighted by molar-refractivity contribution is 7.16. The minimum atomic E-state index is 0.182. The SMILES string of the molecule is CCC1CCCCN1CCCn1c(=O)sc2ccccc21. The van der Waals surface area contributed by atoms with Crippen molar-refractivity contribution in [3.8, 4) is 0 Å². The van der Waals surface area contributed by atoms with Crippen molar-refractivity contribution in [3.05, 3.63) is 33.9 Å². The number of benzene rings is 1. The molecular formula is C17H24N2OS. The van der Waals surface area contributed by atoms with E-state index in [-0.39, 0.29) is 4.87 Å². The average molecular weight is 304 g/mol. The van der Waals surface area contributed by atoms with Crippen molar-refractivity contribution in [2.75, 3.05) is 13.1 Å². The van der Waals surface area contributed by atoms with Crippen molar-refractivity contribution in [1.29, 1.82) is 0 Å². The van der Waals surface area contributed by atoms with Crippen LogP contribution >= 0.6 is 11.3 Å². The highest BCUT2D eigenvalue weighted by Crippen LogP contribution is 2.20. The minimum Gasteiger partial charge on any atom is -0.300 e. The lowest BCUT2D eigenvalue weighted by Gasteiger charge is -2.35. The van der Waals surface area contributed by atoms with E-state index in [0.717, 1.165) is 35.8 Å². The summed E-state index contributed by atoms with van der Waals surface area (Å²) in [5.41, 5.74) is 1.10. The van der Waals surface area contributed by atoms with Crippen LogP contribution in [0.15, 0.2) is 29.1 Å². The van der Waals surface area contributed by atoms with Crippen LogP contribution in [0.1, 0.15) is 39.0 Å². The summed E-state index contributed by atoms with van der Waals surface area (Å²) in [4.78, 5) is 14.9. The van der Waals surface area contributed by atoms with Crippen LogP contribution in [0.5, 0.6) is 0 Å². The molecule has 0 aliphatic carbocycles. The Hall–Kier alpha value is -1.13. The van der Waals surface area contributed by atoms with Gasteiger partial charge in [0.2, 0.25) is 0 Å². The Balaban J connectivity index is 1.64. The highest BCUT2D eigenvalue weighted by atomic mass is 32.1. The molecular weight excluding hydrogens is 280 g/mol. The van der Waals surface area contributed by atoms with Crippen LogP contribution in [0.2, 0.25) is 0 Å². The lowest BCUT2D eigenvalue weighted by atomic mass is 10.00. The van der Waals surface area contributed by atoms with Crippen LogP contribution in [-0.4, -0.2) is 28.6 Å². The normalized spacial score (nSPS) is 20.1. The monoisotopic (exact) mass is 304 g/mol. The average Bonchev–Trinajstić information content (AvgIpc) is 2.84. The molecule has 114 valence electrons. The van der Waals surface area contributed by atoms with Gasteiger partial charge in [0, 0.05) is 19.1 Å². The lowest BCUT2D eigenvalue weighted by Crippen LogP contribution is -2.40. The zero-order chi connectivity index (χ0) is 14.7. The van der Waals surface area contributed by atoms with Gasteiger partial charge in [0.1, 0.15) is 0 Å². The van der Waals surface area contributed by atoms with Crippen LogP contribution < -0.4 is 4.87 Å². The van der Waals surface area contributed by atoms with E-state index in [1.54, 1.807) is 0 Å². The third-order valence-corrected chi connectivity index (χ3v) is 5.58. The van der Waals surface area contributed by atoms with Crippen molar-refractivity contribution in [3.63, 3.8) is 0 Å². The van der Waals surface area contributed by atoms with Crippen molar-refractivity contribution in [2.45, 2.75) is 51.6 Å². The van der Waals surface area contributed by atoms with Crippen molar-refractivity contribution >= 4 is 21.6 Å². The maximum atomic E-state index is 12.1. The summed E-state index contributed by atoms with van der Waals surface area (Å²) < 4.78 is 3.05. The number of piperidine rings is 1. The van der Waals surface area contributed by atoms with E-state index in [1.165, 1.54) is 43.6 Å². The molecule has 1 atom stereocenters. The number of likely N-dealkylation sites (tertiary alicyclic amines) is 1. The zero-order valence-corrected chi connectivity index (χ0v) is 13.6. The molecule has 0 amide bonds. The fourth-order valence-corrected chi connectivity index (χ4v) is 4.39. The van der Waals surface area contributed by atoms with Crippen LogP contribution in [0.25, 0.3) is 10.2 Å². The molecule has 1 fully saturated rings. The molecule has 1 aromatic heterocycles. The molecule has 21 heavy (non-hydrogen) atoms. The quantitative estimate of drug-likeness (QED) is 0.841. The molecule has 4 heteroatoms. The number of para-hydroxylation sites is 1. The first kappa shape index (κ1) is 14.8. The number of fused-ring (bicyclic) bond motifs is 1. The van der Waals surface area contributed by atoms with Gasteiger partial charge in [-0.1, -0.05) is 36.8 Å². The van der Waals surface area contributed by atoms with E-state index < -0.39 is 0 Å². The number of rotatable bonds is 5. The Labute approximate surface area is 130 Å². The fourth-order valence-electron chi connectivity index (χ4n) is 3.47. The third-order valence-electron chi connectivity index (χ3n) is 4.62. The van der Waals surface area contributed by atoms with E-state index >= 15 is 0 Å². The topological polar surface area (TPSA) is 25.2 Å². The molecule has 2 aromatic rings. The van der Waals surface area contributed by atoms with Gasteiger partial charge < -0.3 is 4.90 Å². The van der Waals surface area contributed by atoms with Crippen LogP contribution in [0, 0.1) is 0 Å². The fraction of sp³-hybridized carbons (Fsp3) is 0.588. The van der Waals surface area contributed by atoms with Gasteiger partial charge in [0.25, 0.3) is 0 Å². The van der Waals surface area contributed by atoms with Gasteiger partial charge >= 0.3 is 4.87 Å². The van der Waals surface area contributed by atoms with Crippen molar-refractivity contribution in [1.82, 2.24) is 9.47 Å². The number of nitrogens with zero attached hydrogens (tertiary/aromatic N) is 2. The van der Waals surface area contributed by atoms with Gasteiger partial charge in [-0.05, 0) is 44.4 Å². The van der Waals surface area contributed by atoms with Gasteiger partial charge in [0.05, 0.1) is 10.2 Å². The summed E-state index contributed by atoms with van der Waals surface area (Å²) in [5, 5.41) is 0. The Morgan fingerprint density at radius 2 is 2.10 bits per heavy atom. The van der Waals surface area contributed by atoms with Gasteiger partial charge in [-0.15, -0.1) is 0 Å². The predicted molar refractivity (Wildman–Crippen MR) is 90.2 cm³/mol. The molecule has 1 unspecified atom stereocenters. The molecule has 3 nitrogen and oxygen atoms in total. The summed E-state index contributed by atoms with van der Waals surface area (Å²) in [5.74, 6) is 0. The van der Waals surface area contributed by atoms with E-state index in [2.05, 4.69) is 17.9 Å². The maximum Gasteiger partial charge on any atom is 0.308 e. The Bertz CT molecular complexity index is 646. The summed E-state index contributed by atoms with van der Waals surface area (Å²) in [6, 6.07) is 8.87. The van der Waals surface area contributed by atoms with Crippen LogP contribution in [0.4, 0.5) is 0 Å². The summed E-state index contributed by atoms with van der Waals surface area (Å²) in [6.45, 7) is 5.49. The summed E-state index contributed by atoms with van der Waals surface area (Å²) in [6.07, 6.45) is 6.37. The second kappa shape index (κ2) is 6.75. The standard InChI is InChI=1S/C17H24N2OS/c1-2-14-8-5-6-11-18(14)12-7-13-19-15-9-3-4-10-16(15)21-17(19)20/h3-4,9-10,14H,2,5-8,11-13H2,1H3. The highest BCUT2D eigenvalue weighted by Gasteiger charge is 2.20. The molecule has 0 bridgehead atoms. The van der Waals surface area contributed by atoms with Gasteiger partial charge in [-0.25, -0.2) is 0 Å². The Morgan fingerprint density at radius 3 is 2.95 bits per heavy atom. The number of aromatic nitrogens is 1. The molecule has 1 saturated heterocycles. The second-order valence-electron chi connectivity index (χ2n) is 5.93. The van der Waals surface area contributed by atoms with Crippen molar-refractivity contribution < 1.29 is 0 Å². The lowest BCUT2D eigenvalue weighted by molar-refractivity contribution is 0.140. The van der Waals surface area contributed by atoms with Crippen LogP contribution in [0.3, 0.4) is 0 Å². The summed E-state index contributed by atoms with van der Waals surface area (Å²) >= 11 is 1.36. The number of hydrogen-bond acceptors (Lipinski definition) is 3. The first-order chi connectivity index (χ1) is 10.3.